The van der Waals surface area contributed by atoms with Crippen LogP contribution in [-0.4, -0.2) is 54.5 Å². The van der Waals surface area contributed by atoms with Crippen LogP contribution in [0.15, 0.2) is 18.2 Å². The number of benzene rings is 1. The number of carbonyl (C=O) groups is 1. The SMILES string of the molecule is O=C1CC2(CCN(C3CCCNC3)CC2)CN1Cc1cc(F)cc(F)c1. The lowest BCUT2D eigenvalue weighted by atomic mass is 9.77. The van der Waals surface area contributed by atoms with Crippen LogP contribution in [0.4, 0.5) is 8.78 Å². The molecule has 0 aromatic heterocycles. The van der Waals surface area contributed by atoms with Gasteiger partial charge in [-0.1, -0.05) is 0 Å². The van der Waals surface area contributed by atoms with Crippen molar-refractivity contribution < 1.29 is 13.6 Å². The lowest BCUT2D eigenvalue weighted by Crippen LogP contribution is -2.51. The molecule has 3 saturated heterocycles. The largest absolute Gasteiger partial charge is 0.338 e. The average molecular weight is 363 g/mol. The maximum Gasteiger partial charge on any atom is 0.223 e. The van der Waals surface area contributed by atoms with Crippen LogP contribution in [-0.2, 0) is 11.3 Å². The number of hydrogen-bond acceptors (Lipinski definition) is 3. The summed E-state index contributed by atoms with van der Waals surface area (Å²) in [6.45, 7) is 5.29. The van der Waals surface area contributed by atoms with Crippen LogP contribution >= 0.6 is 0 Å². The van der Waals surface area contributed by atoms with E-state index < -0.39 is 11.6 Å². The lowest BCUT2D eigenvalue weighted by molar-refractivity contribution is -0.128. The van der Waals surface area contributed by atoms with E-state index in [0.717, 1.165) is 45.1 Å². The molecule has 0 bridgehead atoms. The van der Waals surface area contributed by atoms with E-state index in [9.17, 15) is 13.6 Å². The van der Waals surface area contributed by atoms with Crippen LogP contribution in [0.5, 0.6) is 0 Å². The van der Waals surface area contributed by atoms with Crippen molar-refractivity contribution in [2.45, 2.75) is 44.7 Å². The maximum absolute atomic E-state index is 13.4. The predicted molar refractivity (Wildman–Crippen MR) is 95.5 cm³/mol. The molecule has 4 nitrogen and oxygen atoms in total. The summed E-state index contributed by atoms with van der Waals surface area (Å²) in [7, 11) is 0. The van der Waals surface area contributed by atoms with Gasteiger partial charge in [0.15, 0.2) is 0 Å². The van der Waals surface area contributed by atoms with E-state index in [2.05, 4.69) is 10.2 Å². The summed E-state index contributed by atoms with van der Waals surface area (Å²) in [4.78, 5) is 16.9. The first-order valence-corrected chi connectivity index (χ1v) is 9.71. The third kappa shape index (κ3) is 3.76. The molecule has 3 aliphatic rings. The van der Waals surface area contributed by atoms with Gasteiger partial charge in [0.2, 0.25) is 5.91 Å². The van der Waals surface area contributed by atoms with Crippen molar-refractivity contribution >= 4 is 5.91 Å². The molecule has 26 heavy (non-hydrogen) atoms. The van der Waals surface area contributed by atoms with E-state index in [1.165, 1.54) is 25.0 Å². The third-order valence-electron chi connectivity index (χ3n) is 6.35. The fraction of sp³-hybridized carbons (Fsp3) is 0.650. The Hall–Kier alpha value is -1.53. The van der Waals surface area contributed by atoms with Crippen molar-refractivity contribution in [2.75, 3.05) is 32.7 Å². The molecule has 1 unspecified atom stereocenters. The zero-order valence-electron chi connectivity index (χ0n) is 15.1. The van der Waals surface area contributed by atoms with Crippen molar-refractivity contribution in [3.8, 4) is 0 Å². The molecular formula is C20H27F2N3O. The van der Waals surface area contributed by atoms with E-state index in [1.54, 1.807) is 4.90 Å². The Morgan fingerprint density at radius 1 is 1.15 bits per heavy atom. The highest BCUT2D eigenvalue weighted by molar-refractivity contribution is 5.79. The summed E-state index contributed by atoms with van der Waals surface area (Å²) in [6, 6.07) is 4.14. The highest BCUT2D eigenvalue weighted by atomic mass is 19.1. The molecule has 0 radical (unpaired) electrons. The van der Waals surface area contributed by atoms with Gasteiger partial charge in [-0.3, -0.25) is 9.69 Å². The number of nitrogens with zero attached hydrogens (tertiary/aromatic N) is 2. The van der Waals surface area contributed by atoms with Crippen LogP contribution in [0.3, 0.4) is 0 Å². The van der Waals surface area contributed by atoms with Crippen LogP contribution in [0.1, 0.15) is 37.7 Å². The van der Waals surface area contributed by atoms with E-state index in [0.29, 0.717) is 31.1 Å². The van der Waals surface area contributed by atoms with E-state index in [4.69, 9.17) is 0 Å². The number of nitrogens with one attached hydrogen (secondary N) is 1. The van der Waals surface area contributed by atoms with Gasteiger partial charge < -0.3 is 10.2 Å². The van der Waals surface area contributed by atoms with Gasteiger partial charge in [0.25, 0.3) is 0 Å². The summed E-state index contributed by atoms with van der Waals surface area (Å²) in [5.41, 5.74) is 0.570. The molecule has 1 aromatic rings. The van der Waals surface area contributed by atoms with E-state index >= 15 is 0 Å². The summed E-state index contributed by atoms with van der Waals surface area (Å²) < 4.78 is 26.8. The highest BCUT2D eigenvalue weighted by Gasteiger charge is 2.45. The Labute approximate surface area is 153 Å². The Balaban J connectivity index is 1.37. The van der Waals surface area contributed by atoms with Gasteiger partial charge >= 0.3 is 0 Å². The minimum atomic E-state index is -0.587. The van der Waals surface area contributed by atoms with Crippen molar-refractivity contribution in [3.63, 3.8) is 0 Å². The molecule has 4 rings (SSSR count). The molecule has 6 heteroatoms. The number of likely N-dealkylation sites (tertiary alicyclic amines) is 2. The van der Waals surface area contributed by atoms with E-state index in [-0.39, 0.29) is 11.3 Å². The molecule has 1 N–H and O–H groups in total. The number of rotatable bonds is 3. The first kappa shape index (κ1) is 17.9. The topological polar surface area (TPSA) is 35.6 Å². The predicted octanol–water partition coefficient (Wildman–Crippen LogP) is 2.53. The van der Waals surface area contributed by atoms with Crippen LogP contribution in [0.25, 0.3) is 0 Å². The quantitative estimate of drug-likeness (QED) is 0.896. The van der Waals surface area contributed by atoms with Gasteiger partial charge in [-0.25, -0.2) is 8.78 Å². The Morgan fingerprint density at radius 3 is 2.54 bits per heavy atom. The summed E-state index contributed by atoms with van der Waals surface area (Å²) in [6.07, 6.45) is 5.13. The molecule has 1 atom stereocenters. The molecule has 3 fully saturated rings. The van der Waals surface area contributed by atoms with Gasteiger partial charge in [0.05, 0.1) is 0 Å². The Bertz CT molecular complexity index is 647. The van der Waals surface area contributed by atoms with Gasteiger partial charge in [0, 0.05) is 38.2 Å². The molecule has 1 spiro atoms. The average Bonchev–Trinajstić information content (AvgIpc) is 2.90. The number of halogens is 2. The molecule has 142 valence electrons. The van der Waals surface area contributed by atoms with Crippen molar-refractivity contribution in [1.82, 2.24) is 15.1 Å². The second kappa shape index (κ2) is 7.24. The minimum Gasteiger partial charge on any atom is -0.338 e. The van der Waals surface area contributed by atoms with Crippen molar-refractivity contribution in [2.24, 2.45) is 5.41 Å². The summed E-state index contributed by atoms with van der Waals surface area (Å²) >= 11 is 0. The number of hydrogen-bond donors (Lipinski definition) is 1. The van der Waals surface area contributed by atoms with Crippen LogP contribution < -0.4 is 5.32 Å². The first-order chi connectivity index (χ1) is 12.5. The Morgan fingerprint density at radius 2 is 1.88 bits per heavy atom. The number of piperidine rings is 2. The fourth-order valence-electron chi connectivity index (χ4n) is 4.89. The minimum absolute atomic E-state index is 0.0432. The zero-order valence-corrected chi connectivity index (χ0v) is 15.1. The standard InChI is InChI=1S/C20H27F2N3O/c21-16-8-15(9-17(22)10-16)13-25-14-20(11-19(25)26)3-6-24(7-4-20)18-2-1-5-23-12-18/h8-10,18,23H,1-7,11-14H2. The Kier molecular flexibility index (Phi) is 4.97. The molecule has 3 heterocycles. The molecule has 3 aliphatic heterocycles. The van der Waals surface area contributed by atoms with Crippen LogP contribution in [0.2, 0.25) is 0 Å². The second-order valence-electron chi connectivity index (χ2n) is 8.24. The molecule has 1 amide bonds. The van der Waals surface area contributed by atoms with Crippen LogP contribution in [0, 0.1) is 17.0 Å². The summed E-state index contributed by atoms with van der Waals surface area (Å²) in [5, 5.41) is 3.48. The monoisotopic (exact) mass is 363 g/mol. The molecule has 0 aliphatic carbocycles. The van der Waals surface area contributed by atoms with Gasteiger partial charge in [-0.2, -0.15) is 0 Å². The first-order valence-electron chi connectivity index (χ1n) is 9.71. The highest BCUT2D eigenvalue weighted by Crippen LogP contribution is 2.42. The normalized spacial score (nSPS) is 26.6. The molecule has 0 saturated carbocycles. The molecule has 1 aromatic carbocycles. The lowest BCUT2D eigenvalue weighted by Gasteiger charge is -2.43. The smallest absolute Gasteiger partial charge is 0.223 e. The van der Waals surface area contributed by atoms with Gasteiger partial charge in [-0.15, -0.1) is 0 Å². The fourth-order valence-corrected chi connectivity index (χ4v) is 4.89. The number of carbonyl (C=O) groups excluding carboxylic acids is 1. The summed E-state index contributed by atoms with van der Waals surface area (Å²) in [5.74, 6) is -1.06. The van der Waals surface area contributed by atoms with Crippen molar-refractivity contribution in [3.05, 3.63) is 35.4 Å². The molecular weight excluding hydrogens is 336 g/mol. The van der Waals surface area contributed by atoms with Gasteiger partial charge in [-0.05, 0) is 68.4 Å². The van der Waals surface area contributed by atoms with Gasteiger partial charge in [0.1, 0.15) is 11.6 Å². The second-order valence-corrected chi connectivity index (χ2v) is 8.24. The third-order valence-corrected chi connectivity index (χ3v) is 6.35. The van der Waals surface area contributed by atoms with E-state index in [1.807, 2.05) is 0 Å². The zero-order chi connectivity index (χ0) is 18.1. The number of amides is 1. The maximum atomic E-state index is 13.4. The van der Waals surface area contributed by atoms with Crippen molar-refractivity contribution in [1.29, 1.82) is 0 Å².